The molecule has 1 amide bonds. The molecule has 23 heavy (non-hydrogen) atoms. The van der Waals surface area contributed by atoms with Crippen molar-refractivity contribution in [3.8, 4) is 0 Å². The van der Waals surface area contributed by atoms with Crippen molar-refractivity contribution in [3.63, 3.8) is 0 Å². The largest absolute Gasteiger partial charge is 0.481 e. The minimum Gasteiger partial charge on any atom is -0.481 e. The second-order valence-electron chi connectivity index (χ2n) is 6.28. The van der Waals surface area contributed by atoms with E-state index in [1.165, 1.54) is 0 Å². The van der Waals surface area contributed by atoms with E-state index in [1.54, 1.807) is 4.90 Å². The number of carbonyl (C=O) groups is 2. The Balaban J connectivity index is 1.90. The molecule has 0 spiro atoms. The Kier molecular flexibility index (Phi) is 4.73. The Morgan fingerprint density at radius 3 is 2.65 bits per heavy atom. The average Bonchev–Trinajstić information content (AvgIpc) is 3.05. The Labute approximate surface area is 143 Å². The molecular weight excluding hydrogens is 362 g/mol. The predicted molar refractivity (Wildman–Crippen MR) is 88.2 cm³/mol. The van der Waals surface area contributed by atoms with Crippen molar-refractivity contribution in [2.45, 2.75) is 24.7 Å². The topological polar surface area (TPSA) is 66.8 Å². The van der Waals surface area contributed by atoms with Crippen LogP contribution in [0.25, 0.3) is 0 Å². The molecule has 0 bridgehead atoms. The van der Waals surface area contributed by atoms with Gasteiger partial charge in [0, 0.05) is 30.8 Å². The van der Waals surface area contributed by atoms with E-state index in [4.69, 9.17) is 4.74 Å². The molecule has 124 valence electrons. The van der Waals surface area contributed by atoms with Crippen LogP contribution in [0.2, 0.25) is 0 Å². The fourth-order valence-electron chi connectivity index (χ4n) is 3.58. The van der Waals surface area contributed by atoms with Crippen molar-refractivity contribution in [1.82, 2.24) is 4.90 Å². The number of likely N-dealkylation sites (tertiary alicyclic amines) is 1. The van der Waals surface area contributed by atoms with Crippen LogP contribution in [0.4, 0.5) is 0 Å². The number of nitrogens with zero attached hydrogens (tertiary/aromatic N) is 1. The second-order valence-corrected chi connectivity index (χ2v) is 7.20. The number of ether oxygens (including phenoxy) is 1. The lowest BCUT2D eigenvalue weighted by Crippen LogP contribution is -2.49. The molecule has 6 heteroatoms. The zero-order valence-corrected chi connectivity index (χ0v) is 14.4. The first-order valence-corrected chi connectivity index (χ1v) is 8.68. The number of aliphatic carboxylic acids is 1. The maximum absolute atomic E-state index is 13.3. The van der Waals surface area contributed by atoms with Crippen molar-refractivity contribution < 1.29 is 19.4 Å². The van der Waals surface area contributed by atoms with Crippen LogP contribution in [0.3, 0.4) is 0 Å². The third-order valence-corrected chi connectivity index (χ3v) is 5.45. The first kappa shape index (κ1) is 16.5. The first-order chi connectivity index (χ1) is 11.0. The fraction of sp³-hybridized carbons (Fsp3) is 0.529. The van der Waals surface area contributed by atoms with Crippen molar-refractivity contribution in [1.29, 1.82) is 0 Å². The summed E-state index contributed by atoms with van der Waals surface area (Å²) in [4.78, 5) is 26.2. The lowest BCUT2D eigenvalue weighted by atomic mass is 9.73. The number of hydrogen-bond donors (Lipinski definition) is 1. The SMILES string of the molecule is O=C(O)[C@H]1CCN(C(=O)C2(c3cccc(Br)c3)CCOCC2)C1. The van der Waals surface area contributed by atoms with Crippen LogP contribution in [0.1, 0.15) is 24.8 Å². The molecule has 0 radical (unpaired) electrons. The number of carboxylic acid groups (broad SMARTS) is 1. The number of carbonyl (C=O) groups excluding carboxylic acids is 1. The molecule has 0 aromatic heterocycles. The quantitative estimate of drug-likeness (QED) is 0.872. The maximum atomic E-state index is 13.3. The molecule has 1 aromatic carbocycles. The van der Waals surface area contributed by atoms with Gasteiger partial charge in [-0.2, -0.15) is 0 Å². The van der Waals surface area contributed by atoms with E-state index in [9.17, 15) is 14.7 Å². The summed E-state index contributed by atoms with van der Waals surface area (Å²) in [7, 11) is 0. The van der Waals surface area contributed by atoms with E-state index in [0.717, 1.165) is 10.0 Å². The van der Waals surface area contributed by atoms with Gasteiger partial charge in [-0.3, -0.25) is 9.59 Å². The molecule has 2 heterocycles. The van der Waals surface area contributed by atoms with E-state index in [2.05, 4.69) is 15.9 Å². The van der Waals surface area contributed by atoms with E-state index in [1.807, 2.05) is 24.3 Å². The predicted octanol–water partition coefficient (Wildman–Crippen LogP) is 2.43. The summed E-state index contributed by atoms with van der Waals surface area (Å²) in [6.07, 6.45) is 1.80. The smallest absolute Gasteiger partial charge is 0.308 e. The zero-order valence-electron chi connectivity index (χ0n) is 12.8. The maximum Gasteiger partial charge on any atom is 0.308 e. The highest BCUT2D eigenvalue weighted by atomic mass is 79.9. The van der Waals surface area contributed by atoms with Crippen LogP contribution < -0.4 is 0 Å². The second kappa shape index (κ2) is 6.61. The summed E-state index contributed by atoms with van der Waals surface area (Å²) in [5.41, 5.74) is 0.383. The molecule has 0 unspecified atom stereocenters. The number of rotatable bonds is 3. The Hall–Kier alpha value is -1.40. The van der Waals surface area contributed by atoms with Crippen LogP contribution in [0.5, 0.6) is 0 Å². The number of halogens is 1. The lowest BCUT2D eigenvalue weighted by molar-refractivity contribution is -0.143. The molecule has 1 aromatic rings. The number of amides is 1. The molecule has 2 saturated heterocycles. The van der Waals surface area contributed by atoms with E-state index >= 15 is 0 Å². The molecule has 1 atom stereocenters. The van der Waals surface area contributed by atoms with E-state index in [0.29, 0.717) is 45.6 Å². The third kappa shape index (κ3) is 3.15. The summed E-state index contributed by atoms with van der Waals surface area (Å²) in [5.74, 6) is -1.22. The Bertz CT molecular complexity index is 612. The highest BCUT2D eigenvalue weighted by molar-refractivity contribution is 9.10. The minimum absolute atomic E-state index is 0.0441. The molecule has 0 saturated carbocycles. The van der Waals surface area contributed by atoms with Crippen molar-refractivity contribution in [2.24, 2.45) is 5.92 Å². The monoisotopic (exact) mass is 381 g/mol. The molecule has 2 fully saturated rings. The van der Waals surface area contributed by atoms with Gasteiger partial charge in [0.2, 0.25) is 5.91 Å². The summed E-state index contributed by atoms with van der Waals surface area (Å²) >= 11 is 3.48. The molecule has 5 nitrogen and oxygen atoms in total. The van der Waals surface area contributed by atoms with Gasteiger partial charge in [0.25, 0.3) is 0 Å². The number of hydrogen-bond acceptors (Lipinski definition) is 3. The van der Waals surface area contributed by atoms with Crippen LogP contribution in [-0.2, 0) is 19.7 Å². The van der Waals surface area contributed by atoms with Gasteiger partial charge in [-0.1, -0.05) is 28.1 Å². The minimum atomic E-state index is -0.816. The molecular formula is C17H20BrNO4. The molecule has 1 N–H and O–H groups in total. The summed E-state index contributed by atoms with van der Waals surface area (Å²) < 4.78 is 6.42. The molecule has 2 aliphatic heterocycles. The van der Waals surface area contributed by atoms with Gasteiger partial charge >= 0.3 is 5.97 Å². The van der Waals surface area contributed by atoms with Gasteiger partial charge in [-0.15, -0.1) is 0 Å². The Morgan fingerprint density at radius 1 is 1.30 bits per heavy atom. The lowest BCUT2D eigenvalue weighted by Gasteiger charge is -2.39. The molecule has 0 aliphatic carbocycles. The summed E-state index contributed by atoms with van der Waals surface area (Å²) in [6.45, 7) is 1.93. The van der Waals surface area contributed by atoms with Crippen molar-refractivity contribution in [2.75, 3.05) is 26.3 Å². The van der Waals surface area contributed by atoms with Gasteiger partial charge in [0.15, 0.2) is 0 Å². The van der Waals surface area contributed by atoms with Crippen LogP contribution in [-0.4, -0.2) is 48.2 Å². The zero-order chi connectivity index (χ0) is 16.4. The van der Waals surface area contributed by atoms with Crippen molar-refractivity contribution >= 4 is 27.8 Å². The number of carboxylic acids is 1. The van der Waals surface area contributed by atoms with Gasteiger partial charge < -0.3 is 14.7 Å². The third-order valence-electron chi connectivity index (χ3n) is 4.96. The van der Waals surface area contributed by atoms with Gasteiger partial charge in [0.1, 0.15) is 0 Å². The van der Waals surface area contributed by atoms with E-state index < -0.39 is 17.3 Å². The highest BCUT2D eigenvalue weighted by Gasteiger charge is 2.46. The van der Waals surface area contributed by atoms with Gasteiger partial charge in [-0.05, 0) is 37.0 Å². The normalized spacial score (nSPS) is 23.7. The number of benzene rings is 1. The fourth-order valence-corrected chi connectivity index (χ4v) is 3.98. The average molecular weight is 382 g/mol. The molecule has 2 aliphatic rings. The van der Waals surface area contributed by atoms with E-state index in [-0.39, 0.29) is 5.91 Å². The van der Waals surface area contributed by atoms with Crippen LogP contribution >= 0.6 is 15.9 Å². The van der Waals surface area contributed by atoms with Crippen LogP contribution in [0.15, 0.2) is 28.7 Å². The van der Waals surface area contributed by atoms with Gasteiger partial charge in [-0.25, -0.2) is 0 Å². The summed E-state index contributed by atoms with van der Waals surface area (Å²) in [6, 6.07) is 7.86. The van der Waals surface area contributed by atoms with Crippen molar-refractivity contribution in [3.05, 3.63) is 34.3 Å². The first-order valence-electron chi connectivity index (χ1n) is 7.89. The molecule has 3 rings (SSSR count). The standard InChI is InChI=1S/C17H20BrNO4/c18-14-3-1-2-13(10-14)17(5-8-23-9-6-17)16(22)19-7-4-12(11-19)15(20)21/h1-3,10,12H,4-9,11H2,(H,20,21)/t12-/m0/s1. The summed E-state index contributed by atoms with van der Waals surface area (Å²) in [5, 5.41) is 9.18. The highest BCUT2D eigenvalue weighted by Crippen LogP contribution is 2.39. The van der Waals surface area contributed by atoms with Crippen LogP contribution in [0, 0.1) is 5.92 Å². The Morgan fingerprint density at radius 2 is 2.04 bits per heavy atom. The van der Waals surface area contributed by atoms with Gasteiger partial charge in [0.05, 0.1) is 11.3 Å².